The highest BCUT2D eigenvalue weighted by Gasteiger charge is 2.24. The predicted molar refractivity (Wildman–Crippen MR) is 76.3 cm³/mol. The third-order valence-electron chi connectivity index (χ3n) is 3.13. The van der Waals surface area contributed by atoms with Crippen molar-refractivity contribution < 1.29 is 4.79 Å². The molecule has 0 unspecified atom stereocenters. The van der Waals surface area contributed by atoms with Gasteiger partial charge in [0.2, 0.25) is 0 Å². The first-order valence-corrected chi connectivity index (χ1v) is 6.49. The van der Waals surface area contributed by atoms with E-state index in [4.69, 9.17) is 11.6 Å². The molecule has 19 heavy (non-hydrogen) atoms. The van der Waals surface area contributed by atoms with Crippen LogP contribution in [0.2, 0.25) is 5.02 Å². The molecular weight excluding hydrogens is 260 g/mol. The molecule has 1 aliphatic heterocycles. The fourth-order valence-corrected chi connectivity index (χ4v) is 2.44. The Labute approximate surface area is 116 Å². The van der Waals surface area contributed by atoms with Crippen LogP contribution in [0.5, 0.6) is 0 Å². The molecule has 4 heteroatoms. The first kappa shape index (κ1) is 12.2. The maximum absolute atomic E-state index is 12.1. The first-order valence-electron chi connectivity index (χ1n) is 6.11. The molecule has 1 aliphatic rings. The zero-order valence-corrected chi connectivity index (χ0v) is 11.0. The maximum Gasteiger partial charge on any atom is 0.180 e. The van der Waals surface area contributed by atoms with Crippen LogP contribution in [0.25, 0.3) is 0 Å². The Kier molecular flexibility index (Phi) is 3.23. The monoisotopic (exact) mass is 272 g/mol. The van der Waals surface area contributed by atoms with Crippen molar-refractivity contribution in [3.05, 3.63) is 64.7 Å². The highest BCUT2D eigenvalue weighted by atomic mass is 35.5. The van der Waals surface area contributed by atoms with Gasteiger partial charge in [-0.15, -0.1) is 0 Å². The number of carbonyl (C=O) groups excluding carboxylic acids is 1. The van der Waals surface area contributed by atoms with E-state index in [-0.39, 0.29) is 5.78 Å². The number of ketones is 1. The van der Waals surface area contributed by atoms with Gasteiger partial charge in [-0.05, 0) is 17.7 Å². The number of anilines is 1. The lowest BCUT2D eigenvalue weighted by molar-refractivity contribution is 0.0930. The van der Waals surface area contributed by atoms with Crippen LogP contribution in [0.4, 0.5) is 5.69 Å². The second-order valence-electron chi connectivity index (χ2n) is 4.54. The number of benzene rings is 2. The molecule has 0 saturated heterocycles. The molecule has 3 rings (SSSR count). The number of nitrogens with zero attached hydrogens (tertiary/aromatic N) is 1. The van der Waals surface area contributed by atoms with Gasteiger partial charge in [0.15, 0.2) is 5.78 Å². The lowest BCUT2D eigenvalue weighted by Crippen LogP contribution is -2.39. The van der Waals surface area contributed by atoms with Gasteiger partial charge in [-0.25, -0.2) is 5.01 Å². The van der Waals surface area contributed by atoms with Crippen molar-refractivity contribution in [2.45, 2.75) is 6.54 Å². The summed E-state index contributed by atoms with van der Waals surface area (Å²) in [6.07, 6.45) is 0. The Bertz CT molecular complexity index is 613. The van der Waals surface area contributed by atoms with Gasteiger partial charge in [0, 0.05) is 12.1 Å². The average molecular weight is 273 g/mol. The van der Waals surface area contributed by atoms with E-state index in [0.29, 0.717) is 29.4 Å². The molecular formula is C15H13ClN2O. The summed E-state index contributed by atoms with van der Waals surface area (Å²) in [4.78, 5) is 12.1. The predicted octanol–water partition coefficient (Wildman–Crippen LogP) is 3.37. The van der Waals surface area contributed by atoms with Crippen LogP contribution in [-0.2, 0) is 6.54 Å². The quantitative estimate of drug-likeness (QED) is 0.910. The van der Waals surface area contributed by atoms with Crippen LogP contribution in [0.1, 0.15) is 15.9 Å². The van der Waals surface area contributed by atoms with Crippen molar-refractivity contribution in [1.29, 1.82) is 0 Å². The molecule has 3 nitrogen and oxygen atoms in total. The summed E-state index contributed by atoms with van der Waals surface area (Å²) < 4.78 is 0. The lowest BCUT2D eigenvalue weighted by Gasteiger charge is -2.30. The third kappa shape index (κ3) is 2.48. The van der Waals surface area contributed by atoms with Gasteiger partial charge in [-0.3, -0.25) is 4.79 Å². The zero-order chi connectivity index (χ0) is 13.2. The molecule has 1 N–H and O–H groups in total. The summed E-state index contributed by atoms with van der Waals surface area (Å²) in [6, 6.07) is 15.4. The smallest absolute Gasteiger partial charge is 0.180 e. The molecule has 0 aromatic heterocycles. The van der Waals surface area contributed by atoms with Gasteiger partial charge in [0.1, 0.15) is 0 Å². The summed E-state index contributed by atoms with van der Waals surface area (Å²) in [5.41, 5.74) is 5.74. The largest absolute Gasteiger partial charge is 0.316 e. The summed E-state index contributed by atoms with van der Waals surface area (Å²) in [7, 11) is 0. The Balaban J connectivity index is 1.85. The van der Waals surface area contributed by atoms with E-state index in [9.17, 15) is 4.79 Å². The second-order valence-corrected chi connectivity index (χ2v) is 4.95. The van der Waals surface area contributed by atoms with Gasteiger partial charge in [0.05, 0.1) is 17.3 Å². The number of halogens is 1. The van der Waals surface area contributed by atoms with E-state index in [0.717, 1.165) is 5.56 Å². The molecule has 0 bridgehead atoms. The topological polar surface area (TPSA) is 32.3 Å². The summed E-state index contributed by atoms with van der Waals surface area (Å²) >= 11 is 6.13. The number of nitrogens with one attached hydrogen (secondary N) is 1. The van der Waals surface area contributed by atoms with Crippen molar-refractivity contribution in [2.24, 2.45) is 0 Å². The molecule has 96 valence electrons. The van der Waals surface area contributed by atoms with Crippen LogP contribution in [0, 0.1) is 0 Å². The van der Waals surface area contributed by atoms with E-state index >= 15 is 0 Å². The van der Waals surface area contributed by atoms with Crippen LogP contribution >= 0.6 is 11.6 Å². The zero-order valence-electron chi connectivity index (χ0n) is 10.3. The number of hydrazine groups is 1. The first-order chi connectivity index (χ1) is 9.24. The van der Waals surface area contributed by atoms with Crippen molar-refractivity contribution >= 4 is 23.1 Å². The fourth-order valence-electron chi connectivity index (χ4n) is 2.23. The number of para-hydroxylation sites is 1. The molecule has 0 fully saturated rings. The molecule has 0 radical (unpaired) electrons. The number of fused-ring (bicyclic) bond motifs is 1. The number of rotatable bonds is 2. The standard InChI is InChI=1S/C15H13ClN2O/c16-13-8-4-7-12-14(19)10-18(17-15(12)13)9-11-5-2-1-3-6-11/h1-8,17H,9-10H2. The normalized spacial score (nSPS) is 14.9. The maximum atomic E-state index is 12.1. The van der Waals surface area contributed by atoms with E-state index < -0.39 is 0 Å². The van der Waals surface area contributed by atoms with Crippen LogP contribution < -0.4 is 5.43 Å². The number of Topliss-reactive ketones (excluding diaryl/α,β-unsaturated/α-hetero) is 1. The Hall–Kier alpha value is -1.84. The number of hydrogen-bond acceptors (Lipinski definition) is 3. The summed E-state index contributed by atoms with van der Waals surface area (Å²) in [5, 5.41) is 2.45. The lowest BCUT2D eigenvalue weighted by atomic mass is 10.1. The second kappa shape index (κ2) is 5.03. The van der Waals surface area contributed by atoms with Gasteiger partial charge in [-0.1, -0.05) is 48.0 Å². The van der Waals surface area contributed by atoms with Crippen molar-refractivity contribution in [2.75, 3.05) is 12.0 Å². The summed E-state index contributed by atoms with van der Waals surface area (Å²) in [5.74, 6) is 0.0900. The van der Waals surface area contributed by atoms with Crippen molar-refractivity contribution in [1.82, 2.24) is 5.01 Å². The molecule has 0 saturated carbocycles. The average Bonchev–Trinajstić information content (AvgIpc) is 2.41. The number of carbonyl (C=O) groups is 1. The fraction of sp³-hybridized carbons (Fsp3) is 0.133. The van der Waals surface area contributed by atoms with E-state index in [1.807, 2.05) is 35.3 Å². The molecule has 0 aliphatic carbocycles. The molecule has 0 atom stereocenters. The highest BCUT2D eigenvalue weighted by Crippen LogP contribution is 2.30. The molecule has 2 aromatic carbocycles. The Morgan fingerprint density at radius 2 is 1.89 bits per heavy atom. The molecule has 1 heterocycles. The van der Waals surface area contributed by atoms with Crippen LogP contribution in [-0.4, -0.2) is 17.3 Å². The Morgan fingerprint density at radius 1 is 1.11 bits per heavy atom. The van der Waals surface area contributed by atoms with Gasteiger partial charge in [0.25, 0.3) is 0 Å². The van der Waals surface area contributed by atoms with E-state index in [2.05, 4.69) is 5.43 Å². The Morgan fingerprint density at radius 3 is 2.68 bits per heavy atom. The summed E-state index contributed by atoms with van der Waals surface area (Å²) in [6.45, 7) is 1.01. The van der Waals surface area contributed by atoms with Crippen LogP contribution in [0.3, 0.4) is 0 Å². The van der Waals surface area contributed by atoms with E-state index in [1.165, 1.54) is 0 Å². The molecule has 2 aromatic rings. The van der Waals surface area contributed by atoms with E-state index in [1.54, 1.807) is 18.2 Å². The third-order valence-corrected chi connectivity index (χ3v) is 3.45. The minimum Gasteiger partial charge on any atom is -0.316 e. The molecule has 0 amide bonds. The van der Waals surface area contributed by atoms with Crippen molar-refractivity contribution in [3.63, 3.8) is 0 Å². The van der Waals surface area contributed by atoms with Crippen LogP contribution in [0.15, 0.2) is 48.5 Å². The minimum absolute atomic E-state index is 0.0900. The molecule has 0 spiro atoms. The number of hydrogen-bond donors (Lipinski definition) is 1. The van der Waals surface area contributed by atoms with Gasteiger partial charge in [-0.2, -0.15) is 0 Å². The minimum atomic E-state index is 0.0900. The van der Waals surface area contributed by atoms with Crippen molar-refractivity contribution in [3.8, 4) is 0 Å². The van der Waals surface area contributed by atoms with Gasteiger partial charge < -0.3 is 5.43 Å². The van der Waals surface area contributed by atoms with Gasteiger partial charge >= 0.3 is 0 Å². The highest BCUT2D eigenvalue weighted by molar-refractivity contribution is 6.34. The SMILES string of the molecule is O=C1CN(Cc2ccccc2)Nc2c(Cl)cccc21.